The lowest BCUT2D eigenvalue weighted by atomic mass is 10.0. The summed E-state index contributed by atoms with van der Waals surface area (Å²) >= 11 is 0. The van der Waals surface area contributed by atoms with E-state index in [9.17, 15) is 43.3 Å². The van der Waals surface area contributed by atoms with Crippen LogP contribution >= 0.6 is 0 Å². The first-order valence-electron chi connectivity index (χ1n) is 13.5. The lowest BCUT2D eigenvalue weighted by Crippen LogP contribution is -2.38. The molecule has 0 aromatic heterocycles. The van der Waals surface area contributed by atoms with Crippen LogP contribution < -0.4 is 0 Å². The number of hydrogen-bond acceptors (Lipinski definition) is 14. The van der Waals surface area contributed by atoms with E-state index in [-0.39, 0.29) is 29.1 Å². The third-order valence-electron chi connectivity index (χ3n) is 7.12. The molecule has 0 bridgehead atoms. The van der Waals surface area contributed by atoms with Gasteiger partial charge in [-0.2, -0.15) is 8.42 Å². The Kier molecular flexibility index (Phi) is 10.6. The zero-order valence-corrected chi connectivity index (χ0v) is 24.2. The molecular weight excluding hydrogens is 608 g/mol. The van der Waals surface area contributed by atoms with Crippen molar-refractivity contribution in [1.82, 2.24) is 0 Å². The Balaban J connectivity index is 1.27. The topological polar surface area (TPSA) is 221 Å². The second-order valence-corrected chi connectivity index (χ2v) is 11.9. The van der Waals surface area contributed by atoms with Crippen molar-refractivity contribution in [2.24, 2.45) is 0 Å². The molecule has 2 aromatic carbocycles. The number of nitro benzene ring substituents is 2. The average Bonchev–Trinajstić information content (AvgIpc) is 3.68. The number of aliphatic hydroxyl groups is 1. The van der Waals surface area contributed by atoms with Crippen LogP contribution in [0.1, 0.15) is 46.4 Å². The Morgan fingerprint density at radius 1 is 0.818 bits per heavy atom. The lowest BCUT2D eigenvalue weighted by molar-refractivity contribution is -0.385. The number of nitro groups is 2. The Hall–Kier alpha value is -4.03. The maximum Gasteiger partial charge on any atom is 0.338 e. The van der Waals surface area contributed by atoms with Crippen LogP contribution in [0.25, 0.3) is 0 Å². The molecule has 2 aliphatic rings. The summed E-state index contributed by atoms with van der Waals surface area (Å²) in [7, 11) is -3.97. The highest BCUT2D eigenvalue weighted by Gasteiger charge is 2.42. The van der Waals surface area contributed by atoms with E-state index in [1.165, 1.54) is 36.4 Å². The van der Waals surface area contributed by atoms with Crippen LogP contribution in [0.15, 0.2) is 48.5 Å². The van der Waals surface area contributed by atoms with Gasteiger partial charge in [-0.15, -0.1) is 0 Å². The number of benzene rings is 2. The highest BCUT2D eigenvalue weighted by molar-refractivity contribution is 7.86. The SMILES string of the molecule is CS(=O)(=O)O[C@@H](COC(=O)c1ccc([N+](=O)[O-])cc1)[C@H]1CC[C@H]([C@H]2CC[C@H]([C@@H](O)COC(=O)c3ccc([N+](=O)[O-])cc3)O2)O1. The maximum absolute atomic E-state index is 12.5. The van der Waals surface area contributed by atoms with Gasteiger partial charge in [0.25, 0.3) is 21.5 Å². The molecule has 2 fully saturated rings. The van der Waals surface area contributed by atoms with E-state index in [0.717, 1.165) is 18.4 Å². The van der Waals surface area contributed by atoms with Gasteiger partial charge in [-0.3, -0.25) is 24.4 Å². The molecule has 16 nitrogen and oxygen atoms in total. The third-order valence-corrected chi connectivity index (χ3v) is 7.72. The van der Waals surface area contributed by atoms with E-state index in [0.29, 0.717) is 25.7 Å². The summed E-state index contributed by atoms with van der Waals surface area (Å²) in [6, 6.07) is 9.55. The van der Waals surface area contributed by atoms with E-state index in [1.807, 2.05) is 0 Å². The average molecular weight is 639 g/mol. The number of rotatable bonds is 13. The predicted molar refractivity (Wildman–Crippen MR) is 148 cm³/mol. The van der Waals surface area contributed by atoms with Gasteiger partial charge in [0.05, 0.1) is 51.6 Å². The van der Waals surface area contributed by atoms with Gasteiger partial charge in [0.1, 0.15) is 25.4 Å². The number of carbonyl (C=O) groups is 2. The minimum Gasteiger partial charge on any atom is -0.459 e. The standard InChI is InChI=1S/C27H30N2O14S/c1-44(37,38)43-25(15-40-27(32)17-4-8-19(9-5-17)29(35)36)24-13-12-23(42-24)22-11-10-21(41-22)20(30)14-39-26(31)16-2-6-18(7-3-16)28(33)34/h2-9,20-25,30H,10-15H2,1H3/t20-,21+,22+,23+,24+,25-/m0/s1. The van der Waals surface area contributed by atoms with E-state index in [2.05, 4.69) is 0 Å². The minimum atomic E-state index is -3.97. The maximum atomic E-state index is 12.5. The highest BCUT2D eigenvalue weighted by Crippen LogP contribution is 2.34. The second-order valence-electron chi connectivity index (χ2n) is 10.3. The van der Waals surface area contributed by atoms with Crippen LogP contribution in [0.3, 0.4) is 0 Å². The fourth-order valence-electron chi connectivity index (χ4n) is 4.93. The molecule has 1 N–H and O–H groups in total. The van der Waals surface area contributed by atoms with Crippen LogP contribution in [0, 0.1) is 20.2 Å². The van der Waals surface area contributed by atoms with Gasteiger partial charge >= 0.3 is 11.9 Å². The molecule has 44 heavy (non-hydrogen) atoms. The van der Waals surface area contributed by atoms with Crippen molar-refractivity contribution in [2.45, 2.75) is 62.3 Å². The van der Waals surface area contributed by atoms with E-state index in [4.69, 9.17) is 23.1 Å². The summed E-state index contributed by atoms with van der Waals surface area (Å²) in [5, 5.41) is 32.1. The Morgan fingerprint density at radius 2 is 1.25 bits per heavy atom. The van der Waals surface area contributed by atoms with Gasteiger partial charge in [0.15, 0.2) is 0 Å². The number of esters is 2. The molecule has 0 saturated carbocycles. The molecule has 238 valence electrons. The molecule has 2 aliphatic heterocycles. The molecule has 0 spiro atoms. The van der Waals surface area contributed by atoms with E-state index >= 15 is 0 Å². The predicted octanol–water partition coefficient (Wildman–Crippen LogP) is 2.32. The zero-order valence-electron chi connectivity index (χ0n) is 23.4. The second kappa shape index (κ2) is 14.2. The van der Waals surface area contributed by atoms with Crippen molar-refractivity contribution in [3.8, 4) is 0 Å². The van der Waals surface area contributed by atoms with Crippen molar-refractivity contribution in [3.05, 3.63) is 79.9 Å². The van der Waals surface area contributed by atoms with Crippen molar-refractivity contribution < 1.29 is 56.1 Å². The summed E-state index contributed by atoms with van der Waals surface area (Å²) < 4.78 is 51.4. The molecule has 0 radical (unpaired) electrons. The van der Waals surface area contributed by atoms with Crippen LogP contribution in [-0.4, -0.2) is 91.4 Å². The zero-order chi connectivity index (χ0) is 32.0. The number of non-ortho nitro benzene ring substituents is 2. The lowest BCUT2D eigenvalue weighted by Gasteiger charge is -2.25. The minimum absolute atomic E-state index is 0.0290. The van der Waals surface area contributed by atoms with Crippen molar-refractivity contribution >= 4 is 33.4 Å². The molecule has 2 saturated heterocycles. The Morgan fingerprint density at radius 3 is 1.70 bits per heavy atom. The first kappa shape index (κ1) is 32.9. The fraction of sp³-hybridized carbons (Fsp3) is 0.481. The van der Waals surface area contributed by atoms with Gasteiger partial charge in [0, 0.05) is 24.3 Å². The molecule has 0 amide bonds. The number of carbonyl (C=O) groups excluding carboxylic acids is 2. The molecule has 4 rings (SSSR count). The summed E-state index contributed by atoms with van der Waals surface area (Å²) in [6.45, 7) is -0.834. The molecule has 0 unspecified atom stereocenters. The molecule has 6 atom stereocenters. The van der Waals surface area contributed by atoms with Crippen molar-refractivity contribution in [2.75, 3.05) is 19.5 Å². The van der Waals surface area contributed by atoms with Crippen LogP contribution in [0.4, 0.5) is 11.4 Å². The molecule has 17 heteroatoms. The van der Waals surface area contributed by atoms with Gasteiger partial charge in [-0.1, -0.05) is 0 Å². The first-order chi connectivity index (χ1) is 20.8. The smallest absolute Gasteiger partial charge is 0.338 e. The van der Waals surface area contributed by atoms with Gasteiger partial charge in [-0.05, 0) is 49.9 Å². The number of hydrogen-bond donors (Lipinski definition) is 1. The normalized spacial score (nSPS) is 23.0. The van der Waals surface area contributed by atoms with Crippen LogP contribution in [0.2, 0.25) is 0 Å². The van der Waals surface area contributed by atoms with Crippen LogP contribution in [-0.2, 0) is 33.2 Å². The Labute approximate surface area is 251 Å². The van der Waals surface area contributed by atoms with Crippen LogP contribution in [0.5, 0.6) is 0 Å². The molecule has 2 heterocycles. The third kappa shape index (κ3) is 8.76. The summed E-state index contributed by atoms with van der Waals surface area (Å²) in [4.78, 5) is 45.1. The van der Waals surface area contributed by atoms with Gasteiger partial charge in [-0.25, -0.2) is 9.59 Å². The quantitative estimate of drug-likeness (QED) is 0.144. The Bertz CT molecular complexity index is 1460. The molecule has 0 aliphatic carbocycles. The number of ether oxygens (including phenoxy) is 4. The monoisotopic (exact) mass is 638 g/mol. The van der Waals surface area contributed by atoms with Crippen molar-refractivity contribution in [3.63, 3.8) is 0 Å². The fourth-order valence-corrected chi connectivity index (χ4v) is 5.56. The summed E-state index contributed by atoms with van der Waals surface area (Å²) in [5.41, 5.74) is -0.276. The van der Waals surface area contributed by atoms with E-state index < -0.39 is 75.1 Å². The van der Waals surface area contributed by atoms with E-state index in [1.54, 1.807) is 0 Å². The molecular formula is C27H30N2O14S. The van der Waals surface area contributed by atoms with Gasteiger partial charge < -0.3 is 24.1 Å². The summed E-state index contributed by atoms with van der Waals surface area (Å²) in [5.74, 6) is -1.59. The molecule has 2 aromatic rings. The number of nitrogens with zero attached hydrogens (tertiary/aromatic N) is 2. The largest absolute Gasteiger partial charge is 0.459 e. The summed E-state index contributed by atoms with van der Waals surface area (Å²) in [6.07, 6.45) is -2.07. The highest BCUT2D eigenvalue weighted by atomic mass is 32.2. The van der Waals surface area contributed by atoms with Crippen molar-refractivity contribution in [1.29, 1.82) is 0 Å². The first-order valence-corrected chi connectivity index (χ1v) is 15.3. The van der Waals surface area contributed by atoms with Gasteiger partial charge in [0.2, 0.25) is 0 Å². The number of aliphatic hydroxyl groups excluding tert-OH is 1.